The molecule has 1 heterocycles. The average Bonchev–Trinajstić information content (AvgIpc) is 2.75. The first kappa shape index (κ1) is 22.0. The lowest BCUT2D eigenvalue weighted by atomic mass is 10.1. The zero-order chi connectivity index (χ0) is 22.2. The van der Waals surface area contributed by atoms with Gasteiger partial charge in [0.2, 0.25) is 10.0 Å². The highest BCUT2D eigenvalue weighted by atomic mass is 35.5. The number of hydrogen-bond donors (Lipinski definition) is 1. The van der Waals surface area contributed by atoms with Gasteiger partial charge in [0, 0.05) is 13.1 Å². The van der Waals surface area contributed by atoms with E-state index in [1.54, 1.807) is 18.2 Å². The Labute approximate surface area is 190 Å². The second-order valence-corrected chi connectivity index (χ2v) is 11.0. The van der Waals surface area contributed by atoms with Crippen molar-refractivity contribution in [2.75, 3.05) is 18.0 Å². The quantitative estimate of drug-likeness (QED) is 0.513. The molecule has 1 N–H and O–H groups in total. The zero-order valence-electron chi connectivity index (χ0n) is 17.3. The van der Waals surface area contributed by atoms with Crippen LogP contribution in [0.2, 0.25) is 5.02 Å². The predicted molar refractivity (Wildman–Crippen MR) is 125 cm³/mol. The van der Waals surface area contributed by atoms with Gasteiger partial charge in [-0.3, -0.25) is 0 Å². The van der Waals surface area contributed by atoms with Gasteiger partial charge in [-0.2, -0.15) is 0 Å². The highest BCUT2D eigenvalue weighted by molar-refractivity contribution is 7.89. The summed E-state index contributed by atoms with van der Waals surface area (Å²) in [5.74, 6) is 0. The SMILES string of the molecule is Cc1ccc2c(c1C)N(CCCNS(=O)(=O)c1ccccc1Cl)c1ccccc1S2=O. The van der Waals surface area contributed by atoms with Crippen LogP contribution in [0.4, 0.5) is 11.4 Å². The summed E-state index contributed by atoms with van der Waals surface area (Å²) in [5.41, 5.74) is 4.05. The lowest BCUT2D eigenvalue weighted by Gasteiger charge is -2.34. The first-order valence-electron chi connectivity index (χ1n) is 9.94. The lowest BCUT2D eigenvalue weighted by Crippen LogP contribution is -2.30. The van der Waals surface area contributed by atoms with Crippen LogP contribution in [-0.2, 0) is 20.8 Å². The molecule has 0 fully saturated rings. The maximum atomic E-state index is 13.1. The van der Waals surface area contributed by atoms with Gasteiger partial charge in [0.05, 0.1) is 37.0 Å². The number of rotatable bonds is 6. The van der Waals surface area contributed by atoms with Gasteiger partial charge in [-0.15, -0.1) is 0 Å². The van der Waals surface area contributed by atoms with Gasteiger partial charge in [0.25, 0.3) is 0 Å². The summed E-state index contributed by atoms with van der Waals surface area (Å²) in [4.78, 5) is 3.79. The molecule has 162 valence electrons. The Hall–Kier alpha value is -2.19. The van der Waals surface area contributed by atoms with Gasteiger partial charge in [-0.05, 0) is 61.7 Å². The normalized spacial score (nSPS) is 15.5. The monoisotopic (exact) mass is 474 g/mol. The summed E-state index contributed by atoms with van der Waals surface area (Å²) in [6.45, 7) is 4.91. The van der Waals surface area contributed by atoms with Crippen molar-refractivity contribution in [2.45, 2.75) is 35.0 Å². The molecule has 1 aliphatic heterocycles. The third kappa shape index (κ3) is 4.15. The maximum Gasteiger partial charge on any atom is 0.242 e. The molecular formula is C23H23ClN2O3S2. The summed E-state index contributed by atoms with van der Waals surface area (Å²) in [7, 11) is -4.93. The van der Waals surface area contributed by atoms with Crippen LogP contribution < -0.4 is 9.62 Å². The molecular weight excluding hydrogens is 452 g/mol. The van der Waals surface area contributed by atoms with Gasteiger partial charge in [0.15, 0.2) is 0 Å². The van der Waals surface area contributed by atoms with E-state index in [2.05, 4.69) is 9.62 Å². The second kappa shape index (κ2) is 8.74. The summed E-state index contributed by atoms with van der Waals surface area (Å²) in [6.07, 6.45) is 0.567. The van der Waals surface area contributed by atoms with Crippen LogP contribution in [-0.4, -0.2) is 25.7 Å². The number of aryl methyl sites for hydroxylation is 1. The molecule has 0 radical (unpaired) electrons. The van der Waals surface area contributed by atoms with E-state index in [9.17, 15) is 12.6 Å². The van der Waals surface area contributed by atoms with E-state index in [0.29, 0.717) is 13.0 Å². The molecule has 1 unspecified atom stereocenters. The molecule has 0 aliphatic carbocycles. The fourth-order valence-electron chi connectivity index (χ4n) is 3.75. The van der Waals surface area contributed by atoms with Crippen molar-refractivity contribution >= 4 is 43.8 Å². The summed E-state index contributed by atoms with van der Waals surface area (Å²) in [6, 6.07) is 18.0. The molecule has 0 aromatic heterocycles. The highest BCUT2D eigenvalue weighted by Gasteiger charge is 2.29. The minimum atomic E-state index is -3.69. The highest BCUT2D eigenvalue weighted by Crippen LogP contribution is 2.44. The molecule has 0 spiro atoms. The summed E-state index contributed by atoms with van der Waals surface area (Å²) >= 11 is 6.05. The minimum Gasteiger partial charge on any atom is -0.339 e. The van der Waals surface area contributed by atoms with Gasteiger partial charge >= 0.3 is 0 Å². The fourth-order valence-corrected chi connectivity index (χ4v) is 6.78. The standard InChI is InChI=1S/C23H23ClN2O3S2/c1-16-12-13-21-23(17(16)2)26(19-9-4-5-10-20(19)30(21)27)15-7-14-25-31(28,29)22-11-6-3-8-18(22)24/h3-6,8-13,25H,7,14-15H2,1-2H3. The molecule has 3 aromatic rings. The van der Waals surface area contributed by atoms with Crippen molar-refractivity contribution in [3.63, 3.8) is 0 Å². The average molecular weight is 475 g/mol. The van der Waals surface area contributed by atoms with Crippen LogP contribution >= 0.6 is 11.6 Å². The van der Waals surface area contributed by atoms with Gasteiger partial charge in [-0.1, -0.05) is 41.9 Å². The Morgan fingerprint density at radius 1 is 0.968 bits per heavy atom. The van der Waals surface area contributed by atoms with Crippen molar-refractivity contribution < 1.29 is 12.6 Å². The Morgan fingerprint density at radius 2 is 1.68 bits per heavy atom. The van der Waals surface area contributed by atoms with Crippen molar-refractivity contribution in [1.82, 2.24) is 4.72 Å². The number of fused-ring (bicyclic) bond motifs is 2. The first-order valence-corrected chi connectivity index (χ1v) is 12.9. The Morgan fingerprint density at radius 3 is 2.45 bits per heavy atom. The molecule has 4 rings (SSSR count). The number of halogens is 1. The van der Waals surface area contributed by atoms with Crippen LogP contribution in [0.25, 0.3) is 0 Å². The van der Waals surface area contributed by atoms with Crippen molar-refractivity contribution in [1.29, 1.82) is 0 Å². The van der Waals surface area contributed by atoms with E-state index in [4.69, 9.17) is 11.6 Å². The molecule has 31 heavy (non-hydrogen) atoms. The van der Waals surface area contributed by atoms with E-state index in [1.165, 1.54) is 6.07 Å². The van der Waals surface area contributed by atoms with Crippen LogP contribution in [0.5, 0.6) is 0 Å². The number of nitrogens with one attached hydrogen (secondary N) is 1. The second-order valence-electron chi connectivity index (χ2n) is 7.42. The lowest BCUT2D eigenvalue weighted by molar-refractivity contribution is 0.579. The summed E-state index contributed by atoms with van der Waals surface area (Å²) in [5, 5.41) is 0.197. The number of benzene rings is 3. The first-order chi connectivity index (χ1) is 14.8. The minimum absolute atomic E-state index is 0.0761. The van der Waals surface area contributed by atoms with E-state index in [0.717, 1.165) is 32.3 Å². The summed E-state index contributed by atoms with van der Waals surface area (Å²) < 4.78 is 41.0. The van der Waals surface area contributed by atoms with Gasteiger partial charge < -0.3 is 4.90 Å². The van der Waals surface area contributed by atoms with Crippen molar-refractivity contribution in [3.8, 4) is 0 Å². The molecule has 5 nitrogen and oxygen atoms in total. The third-order valence-electron chi connectivity index (χ3n) is 5.47. The van der Waals surface area contributed by atoms with Crippen LogP contribution in [0.1, 0.15) is 17.5 Å². The third-order valence-corrected chi connectivity index (χ3v) is 8.90. The Balaban J connectivity index is 1.57. The number of sulfonamides is 1. The van der Waals surface area contributed by atoms with Crippen LogP contribution in [0.15, 0.2) is 75.4 Å². The van der Waals surface area contributed by atoms with Crippen molar-refractivity contribution in [3.05, 3.63) is 76.8 Å². The van der Waals surface area contributed by atoms with Crippen LogP contribution in [0, 0.1) is 13.8 Å². The molecule has 8 heteroatoms. The number of para-hydroxylation sites is 1. The molecule has 1 aliphatic rings. The van der Waals surface area contributed by atoms with Crippen molar-refractivity contribution in [2.24, 2.45) is 0 Å². The molecule has 1 atom stereocenters. The number of hydrogen-bond acceptors (Lipinski definition) is 4. The van der Waals surface area contributed by atoms with E-state index in [-0.39, 0.29) is 16.5 Å². The van der Waals surface area contributed by atoms with Gasteiger partial charge in [0.1, 0.15) is 4.90 Å². The van der Waals surface area contributed by atoms with E-state index >= 15 is 0 Å². The molecule has 0 saturated carbocycles. The molecule has 3 aromatic carbocycles. The van der Waals surface area contributed by atoms with E-state index < -0.39 is 20.8 Å². The molecule has 0 bridgehead atoms. The number of nitrogens with zero attached hydrogens (tertiary/aromatic N) is 1. The fraction of sp³-hybridized carbons (Fsp3) is 0.217. The maximum absolute atomic E-state index is 13.1. The topological polar surface area (TPSA) is 66.5 Å². The smallest absolute Gasteiger partial charge is 0.242 e. The van der Waals surface area contributed by atoms with Gasteiger partial charge in [-0.25, -0.2) is 17.3 Å². The number of anilines is 2. The van der Waals surface area contributed by atoms with Crippen LogP contribution in [0.3, 0.4) is 0 Å². The zero-order valence-corrected chi connectivity index (χ0v) is 19.7. The Kier molecular flexibility index (Phi) is 6.21. The largest absolute Gasteiger partial charge is 0.339 e. The predicted octanol–water partition coefficient (Wildman–Crippen LogP) is 4.94. The van der Waals surface area contributed by atoms with E-state index in [1.807, 2.05) is 50.2 Å². The Bertz CT molecular complexity index is 1280. The molecule has 0 saturated heterocycles. The molecule has 0 amide bonds.